The first-order valence-electron chi connectivity index (χ1n) is 6.86. The van der Waals surface area contributed by atoms with Crippen LogP contribution in [0, 0.1) is 23.7 Å². The first kappa shape index (κ1) is 14.3. The van der Waals surface area contributed by atoms with E-state index in [0.29, 0.717) is 0 Å². The van der Waals surface area contributed by atoms with Gasteiger partial charge in [0.05, 0.1) is 0 Å². The Morgan fingerprint density at radius 3 is 2.70 bits per heavy atom. The minimum Gasteiger partial charge on any atom is -0.346 e. The highest BCUT2D eigenvalue weighted by Crippen LogP contribution is 2.30. The number of Topliss-reactive ketones (excluding diaryl/α,β-unsaturated/α-hetero) is 1. The summed E-state index contributed by atoms with van der Waals surface area (Å²) in [5, 5.41) is 9.25. The Balaban J connectivity index is 2.33. The van der Waals surface area contributed by atoms with Gasteiger partial charge in [0.1, 0.15) is 11.6 Å². The van der Waals surface area contributed by atoms with E-state index >= 15 is 0 Å². The molecule has 0 amide bonds. The van der Waals surface area contributed by atoms with Crippen LogP contribution >= 0.6 is 0 Å². The fraction of sp³-hybridized carbons (Fsp3) is 0.412. The predicted molar refractivity (Wildman–Crippen MR) is 80.4 cm³/mol. The molecule has 20 heavy (non-hydrogen) atoms. The molecule has 1 aromatic carbocycles. The van der Waals surface area contributed by atoms with Crippen LogP contribution in [0.3, 0.4) is 0 Å². The SMILES string of the molecule is Cc1ccc2c(c1)CCN2/C=C(\C#N)C(=O)C(C)(C)C. The number of benzene rings is 1. The summed E-state index contributed by atoms with van der Waals surface area (Å²) in [6, 6.07) is 8.33. The van der Waals surface area contributed by atoms with Gasteiger partial charge in [0.25, 0.3) is 0 Å². The maximum atomic E-state index is 12.2. The van der Waals surface area contributed by atoms with Crippen molar-refractivity contribution in [2.24, 2.45) is 5.41 Å². The van der Waals surface area contributed by atoms with E-state index in [0.717, 1.165) is 18.7 Å². The predicted octanol–water partition coefficient (Wildman–Crippen LogP) is 3.38. The normalized spacial score (nSPS) is 14.9. The third kappa shape index (κ3) is 2.75. The largest absolute Gasteiger partial charge is 0.346 e. The Morgan fingerprint density at radius 1 is 1.40 bits per heavy atom. The van der Waals surface area contributed by atoms with E-state index in [2.05, 4.69) is 25.1 Å². The summed E-state index contributed by atoms with van der Waals surface area (Å²) in [6.07, 6.45) is 2.66. The number of nitrogens with zero attached hydrogens (tertiary/aromatic N) is 2. The summed E-state index contributed by atoms with van der Waals surface area (Å²) < 4.78 is 0. The van der Waals surface area contributed by atoms with E-state index in [-0.39, 0.29) is 11.4 Å². The average molecular weight is 268 g/mol. The van der Waals surface area contributed by atoms with Crippen molar-refractivity contribution < 1.29 is 4.79 Å². The Labute approximate surface area is 120 Å². The van der Waals surface area contributed by atoms with Gasteiger partial charge in [-0.05, 0) is 25.0 Å². The third-order valence-corrected chi connectivity index (χ3v) is 3.50. The minimum atomic E-state index is -0.530. The van der Waals surface area contributed by atoms with Gasteiger partial charge < -0.3 is 4.90 Å². The van der Waals surface area contributed by atoms with Crippen molar-refractivity contribution >= 4 is 11.5 Å². The van der Waals surface area contributed by atoms with Crippen molar-refractivity contribution in [3.8, 4) is 6.07 Å². The molecule has 1 aliphatic rings. The highest BCUT2D eigenvalue weighted by Gasteiger charge is 2.27. The molecule has 0 atom stereocenters. The summed E-state index contributed by atoms with van der Waals surface area (Å²) in [6.45, 7) is 8.40. The number of hydrogen-bond donors (Lipinski definition) is 0. The summed E-state index contributed by atoms with van der Waals surface area (Å²) >= 11 is 0. The summed E-state index contributed by atoms with van der Waals surface area (Å²) in [4.78, 5) is 14.2. The van der Waals surface area contributed by atoms with Gasteiger partial charge >= 0.3 is 0 Å². The number of hydrogen-bond acceptors (Lipinski definition) is 3. The summed E-state index contributed by atoms with van der Waals surface area (Å²) in [5.74, 6) is -0.111. The molecule has 0 spiro atoms. The zero-order valence-corrected chi connectivity index (χ0v) is 12.5. The molecular weight excluding hydrogens is 248 g/mol. The molecule has 104 valence electrons. The molecule has 3 heteroatoms. The summed E-state index contributed by atoms with van der Waals surface area (Å²) in [5.41, 5.74) is 3.32. The number of ketones is 1. The maximum absolute atomic E-state index is 12.2. The van der Waals surface area contributed by atoms with Crippen LogP contribution < -0.4 is 4.90 Å². The van der Waals surface area contributed by atoms with Crippen LogP contribution in [-0.2, 0) is 11.2 Å². The average Bonchev–Trinajstić information content (AvgIpc) is 2.76. The van der Waals surface area contributed by atoms with Crippen LogP contribution in [0.4, 0.5) is 5.69 Å². The van der Waals surface area contributed by atoms with Gasteiger partial charge in [0.15, 0.2) is 5.78 Å². The molecule has 3 nitrogen and oxygen atoms in total. The lowest BCUT2D eigenvalue weighted by atomic mass is 9.87. The molecule has 0 aliphatic carbocycles. The summed E-state index contributed by atoms with van der Waals surface area (Å²) in [7, 11) is 0. The molecule has 2 rings (SSSR count). The van der Waals surface area contributed by atoms with E-state index in [1.54, 1.807) is 6.20 Å². The second-order valence-electron chi connectivity index (χ2n) is 6.31. The Kier molecular flexibility index (Phi) is 3.67. The van der Waals surface area contributed by atoms with Crippen LogP contribution in [0.2, 0.25) is 0 Å². The smallest absolute Gasteiger partial charge is 0.180 e. The first-order chi connectivity index (χ1) is 9.32. The lowest BCUT2D eigenvalue weighted by molar-refractivity contribution is -0.122. The van der Waals surface area contributed by atoms with Crippen molar-refractivity contribution in [3.63, 3.8) is 0 Å². The number of allylic oxidation sites excluding steroid dienone is 1. The van der Waals surface area contributed by atoms with Crippen molar-refractivity contribution in [1.29, 1.82) is 5.26 Å². The molecule has 1 aromatic rings. The Bertz CT molecular complexity index is 615. The van der Waals surface area contributed by atoms with Crippen LogP contribution in [0.1, 0.15) is 31.9 Å². The monoisotopic (exact) mass is 268 g/mol. The van der Waals surface area contributed by atoms with Gasteiger partial charge in [-0.3, -0.25) is 4.79 Å². The zero-order valence-electron chi connectivity index (χ0n) is 12.5. The van der Waals surface area contributed by atoms with E-state index < -0.39 is 5.41 Å². The molecule has 0 saturated carbocycles. The second kappa shape index (κ2) is 5.13. The van der Waals surface area contributed by atoms with E-state index in [9.17, 15) is 10.1 Å². The van der Waals surface area contributed by atoms with E-state index in [1.807, 2.05) is 31.7 Å². The molecular formula is C17H20N2O. The number of carbonyl (C=O) groups excluding carboxylic acids is 1. The van der Waals surface area contributed by atoms with Crippen LogP contribution in [0.15, 0.2) is 30.0 Å². The number of anilines is 1. The van der Waals surface area contributed by atoms with Crippen LogP contribution in [0.25, 0.3) is 0 Å². The lowest BCUT2D eigenvalue weighted by Crippen LogP contribution is -2.24. The van der Waals surface area contributed by atoms with Crippen LogP contribution in [0.5, 0.6) is 0 Å². The van der Waals surface area contributed by atoms with Gasteiger partial charge in [-0.15, -0.1) is 0 Å². The first-order valence-corrected chi connectivity index (χ1v) is 6.86. The van der Waals surface area contributed by atoms with Crippen molar-refractivity contribution in [3.05, 3.63) is 41.1 Å². The fourth-order valence-electron chi connectivity index (χ4n) is 2.39. The number of fused-ring (bicyclic) bond motifs is 1. The van der Waals surface area contributed by atoms with Gasteiger partial charge in [-0.25, -0.2) is 0 Å². The number of aryl methyl sites for hydroxylation is 1. The van der Waals surface area contributed by atoms with E-state index in [4.69, 9.17) is 0 Å². The maximum Gasteiger partial charge on any atom is 0.180 e. The van der Waals surface area contributed by atoms with Gasteiger partial charge in [-0.1, -0.05) is 38.5 Å². The molecule has 0 N–H and O–H groups in total. The number of rotatable bonds is 2. The number of carbonyl (C=O) groups is 1. The molecule has 0 bridgehead atoms. The van der Waals surface area contributed by atoms with Crippen molar-refractivity contribution in [2.45, 2.75) is 34.1 Å². The zero-order chi connectivity index (χ0) is 14.9. The topological polar surface area (TPSA) is 44.1 Å². The lowest BCUT2D eigenvalue weighted by Gasteiger charge is -2.19. The molecule has 1 heterocycles. The fourth-order valence-corrected chi connectivity index (χ4v) is 2.39. The molecule has 0 aromatic heterocycles. The highest BCUT2D eigenvalue weighted by atomic mass is 16.1. The highest BCUT2D eigenvalue weighted by molar-refractivity contribution is 6.02. The molecule has 0 fully saturated rings. The van der Waals surface area contributed by atoms with Gasteiger partial charge in [0.2, 0.25) is 0 Å². The Hall–Kier alpha value is -2.08. The quantitative estimate of drug-likeness (QED) is 0.610. The molecule has 1 aliphatic heterocycles. The third-order valence-electron chi connectivity index (χ3n) is 3.50. The van der Waals surface area contributed by atoms with Gasteiger partial charge in [0, 0.05) is 23.8 Å². The second-order valence-corrected chi connectivity index (χ2v) is 6.31. The Morgan fingerprint density at radius 2 is 2.10 bits per heavy atom. The van der Waals surface area contributed by atoms with E-state index in [1.165, 1.54) is 11.1 Å². The van der Waals surface area contributed by atoms with Gasteiger partial charge in [-0.2, -0.15) is 5.26 Å². The van der Waals surface area contributed by atoms with Crippen LogP contribution in [-0.4, -0.2) is 12.3 Å². The minimum absolute atomic E-state index is 0.111. The molecule has 0 radical (unpaired) electrons. The molecule has 0 unspecified atom stereocenters. The standard InChI is InChI=1S/C17H20N2O/c1-12-5-6-15-13(9-12)7-8-19(15)11-14(10-18)16(20)17(2,3)4/h5-6,9,11H,7-8H2,1-4H3/b14-11+. The van der Waals surface area contributed by atoms with Crippen molar-refractivity contribution in [1.82, 2.24) is 0 Å². The van der Waals surface area contributed by atoms with Crippen molar-refractivity contribution in [2.75, 3.05) is 11.4 Å². The molecule has 0 saturated heterocycles. The number of nitriles is 1.